The molecule has 0 aliphatic carbocycles. The Morgan fingerprint density at radius 2 is 2.00 bits per heavy atom. The normalized spacial score (nSPS) is 21.3. The van der Waals surface area contributed by atoms with Crippen LogP contribution in [0.25, 0.3) is 0 Å². The molecular formula is C17H21NOS. The lowest BCUT2D eigenvalue weighted by Gasteiger charge is -2.38. The summed E-state index contributed by atoms with van der Waals surface area (Å²) in [4.78, 5) is 2.89. The standard InChI is InChI=1S/C17H21NOS/c1-2-13-7-8-14(20-13)11-17(12-18)9-10-19-16-6-4-3-5-15(16)17/h3-8H,2,9-12,18H2,1H3. The summed E-state index contributed by atoms with van der Waals surface area (Å²) in [5, 5.41) is 0. The van der Waals surface area contributed by atoms with Crippen LogP contribution in [0.3, 0.4) is 0 Å². The van der Waals surface area contributed by atoms with Gasteiger partial charge in [0.25, 0.3) is 0 Å². The van der Waals surface area contributed by atoms with Gasteiger partial charge in [-0.1, -0.05) is 25.1 Å². The van der Waals surface area contributed by atoms with Crippen molar-refractivity contribution in [1.82, 2.24) is 0 Å². The van der Waals surface area contributed by atoms with Crippen molar-refractivity contribution in [1.29, 1.82) is 0 Å². The largest absolute Gasteiger partial charge is 0.493 e. The maximum atomic E-state index is 6.19. The third-order valence-electron chi connectivity index (χ3n) is 4.27. The quantitative estimate of drug-likeness (QED) is 0.933. The number of para-hydroxylation sites is 1. The van der Waals surface area contributed by atoms with E-state index in [0.29, 0.717) is 6.54 Å². The van der Waals surface area contributed by atoms with E-state index >= 15 is 0 Å². The molecule has 2 heterocycles. The maximum absolute atomic E-state index is 6.19. The second-order valence-corrected chi connectivity index (χ2v) is 6.73. The van der Waals surface area contributed by atoms with Crippen molar-refractivity contribution >= 4 is 11.3 Å². The van der Waals surface area contributed by atoms with E-state index in [4.69, 9.17) is 10.5 Å². The summed E-state index contributed by atoms with van der Waals surface area (Å²) in [5.41, 5.74) is 7.50. The molecule has 0 saturated carbocycles. The highest BCUT2D eigenvalue weighted by Crippen LogP contribution is 2.41. The van der Waals surface area contributed by atoms with Crippen LogP contribution in [-0.4, -0.2) is 13.2 Å². The number of thiophene rings is 1. The predicted molar refractivity (Wildman–Crippen MR) is 84.7 cm³/mol. The number of hydrogen-bond donors (Lipinski definition) is 1. The van der Waals surface area contributed by atoms with E-state index in [1.54, 1.807) is 0 Å². The van der Waals surface area contributed by atoms with Crippen molar-refractivity contribution in [3.63, 3.8) is 0 Å². The number of ether oxygens (including phenoxy) is 1. The van der Waals surface area contributed by atoms with Crippen molar-refractivity contribution < 1.29 is 4.74 Å². The molecule has 3 rings (SSSR count). The Bertz CT molecular complexity index is 592. The molecule has 0 spiro atoms. The molecule has 0 bridgehead atoms. The molecule has 106 valence electrons. The highest BCUT2D eigenvalue weighted by atomic mass is 32.1. The topological polar surface area (TPSA) is 35.2 Å². The molecule has 1 aromatic carbocycles. The van der Waals surface area contributed by atoms with Crippen LogP contribution in [0.15, 0.2) is 36.4 Å². The van der Waals surface area contributed by atoms with Gasteiger partial charge >= 0.3 is 0 Å². The SMILES string of the molecule is CCc1ccc(CC2(CN)CCOc3ccccc32)s1. The third kappa shape index (κ3) is 2.36. The predicted octanol–water partition coefficient (Wildman–Crippen LogP) is 3.53. The van der Waals surface area contributed by atoms with Crippen molar-refractivity contribution in [2.45, 2.75) is 31.6 Å². The van der Waals surface area contributed by atoms with Crippen LogP contribution >= 0.6 is 11.3 Å². The molecule has 0 saturated heterocycles. The van der Waals surface area contributed by atoms with E-state index in [2.05, 4.69) is 37.3 Å². The Hall–Kier alpha value is -1.32. The van der Waals surface area contributed by atoms with Gasteiger partial charge in [-0.25, -0.2) is 0 Å². The molecule has 20 heavy (non-hydrogen) atoms. The van der Waals surface area contributed by atoms with Crippen LogP contribution < -0.4 is 10.5 Å². The first-order valence-electron chi connectivity index (χ1n) is 7.27. The Labute approximate surface area is 124 Å². The van der Waals surface area contributed by atoms with Crippen LogP contribution in [0.5, 0.6) is 5.75 Å². The fourth-order valence-electron chi connectivity index (χ4n) is 3.03. The lowest BCUT2D eigenvalue weighted by molar-refractivity contribution is 0.216. The van der Waals surface area contributed by atoms with Crippen LogP contribution in [0.1, 0.15) is 28.7 Å². The van der Waals surface area contributed by atoms with Gasteiger partial charge in [0.05, 0.1) is 6.61 Å². The van der Waals surface area contributed by atoms with Gasteiger partial charge in [0.15, 0.2) is 0 Å². The number of hydrogen-bond acceptors (Lipinski definition) is 3. The third-order valence-corrected chi connectivity index (χ3v) is 5.50. The van der Waals surface area contributed by atoms with E-state index in [9.17, 15) is 0 Å². The van der Waals surface area contributed by atoms with E-state index in [-0.39, 0.29) is 5.41 Å². The number of benzene rings is 1. The molecule has 2 aromatic rings. The van der Waals surface area contributed by atoms with Gasteiger partial charge in [0.1, 0.15) is 5.75 Å². The summed E-state index contributed by atoms with van der Waals surface area (Å²) in [6.45, 7) is 3.64. The zero-order valence-electron chi connectivity index (χ0n) is 11.9. The average Bonchev–Trinajstić information content (AvgIpc) is 2.95. The lowest BCUT2D eigenvalue weighted by Crippen LogP contribution is -2.41. The molecule has 1 unspecified atom stereocenters. The first kappa shape index (κ1) is 13.7. The molecule has 1 aromatic heterocycles. The summed E-state index contributed by atoms with van der Waals surface area (Å²) >= 11 is 1.92. The minimum Gasteiger partial charge on any atom is -0.493 e. The lowest BCUT2D eigenvalue weighted by atomic mass is 9.73. The van der Waals surface area contributed by atoms with E-state index < -0.39 is 0 Å². The van der Waals surface area contributed by atoms with Gasteiger partial charge in [0.2, 0.25) is 0 Å². The first-order valence-corrected chi connectivity index (χ1v) is 8.09. The van der Waals surface area contributed by atoms with Gasteiger partial charge < -0.3 is 10.5 Å². The summed E-state index contributed by atoms with van der Waals surface area (Å²) in [6, 6.07) is 12.9. The van der Waals surface area contributed by atoms with Crippen molar-refractivity contribution in [2.75, 3.05) is 13.2 Å². The van der Waals surface area contributed by atoms with Gasteiger partial charge in [-0.3, -0.25) is 0 Å². The fraction of sp³-hybridized carbons (Fsp3) is 0.412. The zero-order valence-corrected chi connectivity index (χ0v) is 12.7. The molecule has 1 atom stereocenters. The highest BCUT2D eigenvalue weighted by Gasteiger charge is 2.36. The molecule has 2 N–H and O–H groups in total. The van der Waals surface area contributed by atoms with E-state index in [1.807, 2.05) is 17.4 Å². The Morgan fingerprint density at radius 3 is 2.75 bits per heavy atom. The monoisotopic (exact) mass is 287 g/mol. The minimum atomic E-state index is 0.0324. The highest BCUT2D eigenvalue weighted by molar-refractivity contribution is 7.12. The van der Waals surface area contributed by atoms with Crippen LogP contribution in [0.2, 0.25) is 0 Å². The average molecular weight is 287 g/mol. The smallest absolute Gasteiger partial charge is 0.123 e. The Balaban J connectivity index is 1.96. The molecule has 2 nitrogen and oxygen atoms in total. The zero-order chi connectivity index (χ0) is 14.0. The van der Waals surface area contributed by atoms with Gasteiger partial charge in [-0.2, -0.15) is 0 Å². The molecule has 3 heteroatoms. The molecule has 0 radical (unpaired) electrons. The minimum absolute atomic E-state index is 0.0324. The first-order chi connectivity index (χ1) is 9.77. The van der Waals surface area contributed by atoms with Gasteiger partial charge in [0, 0.05) is 27.3 Å². The molecule has 0 fully saturated rings. The molecule has 0 amide bonds. The number of nitrogens with two attached hydrogens (primary N) is 1. The van der Waals surface area contributed by atoms with Crippen LogP contribution in [0.4, 0.5) is 0 Å². The van der Waals surface area contributed by atoms with Crippen LogP contribution in [-0.2, 0) is 18.3 Å². The Kier molecular flexibility index (Phi) is 3.81. The number of fused-ring (bicyclic) bond motifs is 1. The van der Waals surface area contributed by atoms with Crippen molar-refractivity contribution in [3.8, 4) is 5.75 Å². The van der Waals surface area contributed by atoms with E-state index in [1.165, 1.54) is 15.3 Å². The molecule has 1 aliphatic heterocycles. The summed E-state index contributed by atoms with van der Waals surface area (Å²) < 4.78 is 5.79. The fourth-order valence-corrected chi connectivity index (χ4v) is 4.13. The molecular weight excluding hydrogens is 266 g/mol. The number of rotatable bonds is 4. The maximum Gasteiger partial charge on any atom is 0.123 e. The number of aryl methyl sites for hydroxylation is 1. The second-order valence-electron chi connectivity index (χ2n) is 5.48. The summed E-state index contributed by atoms with van der Waals surface area (Å²) in [6.07, 6.45) is 3.13. The van der Waals surface area contributed by atoms with E-state index in [0.717, 1.165) is 31.6 Å². The summed E-state index contributed by atoms with van der Waals surface area (Å²) in [7, 11) is 0. The van der Waals surface area contributed by atoms with Crippen LogP contribution in [0, 0.1) is 0 Å². The second kappa shape index (κ2) is 5.58. The Morgan fingerprint density at radius 1 is 1.20 bits per heavy atom. The van der Waals surface area contributed by atoms with Gasteiger partial charge in [-0.15, -0.1) is 11.3 Å². The molecule has 1 aliphatic rings. The van der Waals surface area contributed by atoms with Crippen molar-refractivity contribution in [2.24, 2.45) is 5.73 Å². The van der Waals surface area contributed by atoms with Crippen molar-refractivity contribution in [3.05, 3.63) is 51.7 Å². The summed E-state index contributed by atoms with van der Waals surface area (Å²) in [5.74, 6) is 1.01. The van der Waals surface area contributed by atoms with Gasteiger partial charge in [-0.05, 0) is 37.5 Å².